The number of carbonyl (C=O) groups excluding carboxylic acids is 2. The fourth-order valence-corrected chi connectivity index (χ4v) is 6.87. The fourth-order valence-electron chi connectivity index (χ4n) is 3.46. The lowest BCUT2D eigenvalue weighted by atomic mass is 10.2. The summed E-state index contributed by atoms with van der Waals surface area (Å²) < 4.78 is 58.2. The van der Waals surface area contributed by atoms with Crippen molar-refractivity contribution in [2.75, 3.05) is 43.3 Å². The lowest BCUT2D eigenvalue weighted by Gasteiger charge is -2.33. The Morgan fingerprint density at radius 2 is 1.79 bits per heavy atom. The molecule has 0 aliphatic carbocycles. The highest BCUT2D eigenvalue weighted by atomic mass is 32.2. The summed E-state index contributed by atoms with van der Waals surface area (Å²) in [6.45, 7) is 3.65. The van der Waals surface area contributed by atoms with Crippen molar-refractivity contribution in [2.24, 2.45) is 5.92 Å². The van der Waals surface area contributed by atoms with Gasteiger partial charge in [0, 0.05) is 33.1 Å². The van der Waals surface area contributed by atoms with Crippen molar-refractivity contribution in [3.05, 3.63) is 18.2 Å². The van der Waals surface area contributed by atoms with Crippen LogP contribution >= 0.6 is 0 Å². The monoisotopic (exact) mass is 445 g/mol. The molecule has 1 aromatic rings. The molecule has 2 heterocycles. The minimum atomic E-state index is -4.04. The molecule has 2 amide bonds. The van der Waals surface area contributed by atoms with Gasteiger partial charge in [-0.3, -0.25) is 9.59 Å². The van der Waals surface area contributed by atoms with Crippen molar-refractivity contribution >= 4 is 37.5 Å². The molecule has 3 rings (SSSR count). The van der Waals surface area contributed by atoms with Gasteiger partial charge in [0.15, 0.2) is 0 Å². The largest absolute Gasteiger partial charge is 0.495 e. The molecule has 0 radical (unpaired) electrons. The SMILES string of the molecule is COc1ccc(N2C(=O)[C@H](C)CS2(=O)=O)cc1S(=O)(=O)N1CCN(C(C)=O)CC1. The summed E-state index contributed by atoms with van der Waals surface area (Å²) in [5.74, 6) is -1.73. The molecule has 160 valence electrons. The maximum atomic E-state index is 13.2. The molecular weight excluding hydrogens is 422 g/mol. The molecule has 12 heteroatoms. The molecule has 10 nitrogen and oxygen atoms in total. The van der Waals surface area contributed by atoms with Crippen LogP contribution in [0.3, 0.4) is 0 Å². The number of hydrogen-bond donors (Lipinski definition) is 0. The topological polar surface area (TPSA) is 121 Å². The normalized spacial score (nSPS) is 22.7. The molecule has 0 bridgehead atoms. The van der Waals surface area contributed by atoms with Gasteiger partial charge in [0.25, 0.3) is 0 Å². The third-order valence-corrected chi connectivity index (χ3v) is 8.83. The van der Waals surface area contributed by atoms with E-state index in [-0.39, 0.29) is 54.2 Å². The smallest absolute Gasteiger partial charge is 0.246 e. The quantitative estimate of drug-likeness (QED) is 0.632. The van der Waals surface area contributed by atoms with E-state index >= 15 is 0 Å². The third-order valence-electron chi connectivity index (χ3n) is 5.04. The van der Waals surface area contributed by atoms with Gasteiger partial charge in [-0.15, -0.1) is 0 Å². The predicted octanol–water partition coefficient (Wildman–Crippen LogP) is -0.139. The second-order valence-corrected chi connectivity index (χ2v) is 10.8. The van der Waals surface area contributed by atoms with Crippen molar-refractivity contribution in [3.63, 3.8) is 0 Å². The van der Waals surface area contributed by atoms with Gasteiger partial charge in [0.2, 0.25) is 31.9 Å². The average Bonchev–Trinajstić information content (AvgIpc) is 2.88. The number of rotatable bonds is 4. The van der Waals surface area contributed by atoms with E-state index in [0.29, 0.717) is 4.31 Å². The van der Waals surface area contributed by atoms with Gasteiger partial charge in [0.05, 0.1) is 24.5 Å². The Hall–Kier alpha value is -2.18. The van der Waals surface area contributed by atoms with E-state index in [1.165, 1.54) is 37.4 Å². The van der Waals surface area contributed by atoms with Gasteiger partial charge in [0.1, 0.15) is 10.6 Å². The number of ether oxygens (including phenoxy) is 1. The molecular formula is C17H23N3O7S2. The number of piperazine rings is 1. The zero-order valence-electron chi connectivity index (χ0n) is 16.4. The van der Waals surface area contributed by atoms with E-state index in [9.17, 15) is 26.4 Å². The van der Waals surface area contributed by atoms with Crippen LogP contribution in [0.2, 0.25) is 0 Å². The van der Waals surface area contributed by atoms with Crippen LogP contribution in [0.25, 0.3) is 0 Å². The zero-order chi connectivity index (χ0) is 21.6. The van der Waals surface area contributed by atoms with Crippen LogP contribution in [0.1, 0.15) is 13.8 Å². The first-order valence-corrected chi connectivity index (χ1v) is 12.0. The molecule has 0 unspecified atom stereocenters. The van der Waals surface area contributed by atoms with Crippen molar-refractivity contribution in [1.29, 1.82) is 0 Å². The molecule has 0 aromatic heterocycles. The van der Waals surface area contributed by atoms with E-state index in [0.717, 1.165) is 6.07 Å². The summed E-state index contributed by atoms with van der Waals surface area (Å²) in [4.78, 5) is 25.2. The van der Waals surface area contributed by atoms with Crippen molar-refractivity contribution in [3.8, 4) is 5.75 Å². The number of anilines is 1. The van der Waals surface area contributed by atoms with Gasteiger partial charge in [-0.2, -0.15) is 4.31 Å². The first-order chi connectivity index (χ1) is 13.5. The Morgan fingerprint density at radius 1 is 1.17 bits per heavy atom. The summed E-state index contributed by atoms with van der Waals surface area (Å²) in [5.41, 5.74) is -0.0407. The highest BCUT2D eigenvalue weighted by molar-refractivity contribution is 7.94. The third kappa shape index (κ3) is 3.83. The summed E-state index contributed by atoms with van der Waals surface area (Å²) in [6, 6.07) is 3.83. The number of benzene rings is 1. The van der Waals surface area contributed by atoms with E-state index in [4.69, 9.17) is 4.74 Å². The number of sulfonamides is 2. The van der Waals surface area contributed by atoms with Crippen LogP contribution < -0.4 is 9.04 Å². The van der Waals surface area contributed by atoms with Crippen LogP contribution in [0, 0.1) is 5.92 Å². The Bertz CT molecular complexity index is 1040. The van der Waals surface area contributed by atoms with Crippen molar-refractivity contribution in [1.82, 2.24) is 9.21 Å². The number of carbonyl (C=O) groups is 2. The van der Waals surface area contributed by atoms with Crippen molar-refractivity contribution < 1.29 is 31.2 Å². The highest BCUT2D eigenvalue weighted by Gasteiger charge is 2.43. The number of nitrogens with zero attached hydrogens (tertiary/aromatic N) is 3. The predicted molar refractivity (Wildman–Crippen MR) is 104 cm³/mol. The van der Waals surface area contributed by atoms with E-state index in [1.54, 1.807) is 4.90 Å². The van der Waals surface area contributed by atoms with Gasteiger partial charge in [-0.1, -0.05) is 6.92 Å². The molecule has 0 spiro atoms. The molecule has 0 saturated carbocycles. The molecule has 2 aliphatic heterocycles. The lowest BCUT2D eigenvalue weighted by Crippen LogP contribution is -2.50. The molecule has 2 fully saturated rings. The molecule has 1 atom stereocenters. The first-order valence-electron chi connectivity index (χ1n) is 8.99. The minimum absolute atomic E-state index is 0.0407. The van der Waals surface area contributed by atoms with E-state index < -0.39 is 31.9 Å². The summed E-state index contributed by atoms with van der Waals surface area (Å²) in [5, 5.41) is 0. The first kappa shape index (κ1) is 21.5. The van der Waals surface area contributed by atoms with Crippen LogP contribution in [-0.2, 0) is 29.6 Å². The van der Waals surface area contributed by atoms with E-state index in [1.807, 2.05) is 0 Å². The Balaban J connectivity index is 2.00. The average molecular weight is 446 g/mol. The maximum Gasteiger partial charge on any atom is 0.246 e. The maximum absolute atomic E-state index is 13.2. The summed E-state index contributed by atoms with van der Waals surface area (Å²) in [6.07, 6.45) is 0. The summed E-state index contributed by atoms with van der Waals surface area (Å²) in [7, 11) is -6.60. The van der Waals surface area contributed by atoms with Crippen LogP contribution in [0.15, 0.2) is 23.1 Å². The Morgan fingerprint density at radius 3 is 2.28 bits per heavy atom. The highest BCUT2D eigenvalue weighted by Crippen LogP contribution is 2.35. The summed E-state index contributed by atoms with van der Waals surface area (Å²) >= 11 is 0. The fraction of sp³-hybridized carbons (Fsp3) is 0.529. The standard InChI is InChI=1S/C17H23N3O7S2/c1-12-11-28(23,24)20(17(12)22)14-4-5-15(27-3)16(10-14)29(25,26)19-8-6-18(7-9-19)13(2)21/h4-5,10,12H,6-9,11H2,1-3H3/t12-/m1/s1. The zero-order valence-corrected chi connectivity index (χ0v) is 18.0. The Kier molecular flexibility index (Phi) is 5.62. The Labute approximate surface area is 170 Å². The molecule has 1 aromatic carbocycles. The lowest BCUT2D eigenvalue weighted by molar-refractivity contribution is -0.130. The number of methoxy groups -OCH3 is 1. The van der Waals surface area contributed by atoms with Gasteiger partial charge >= 0.3 is 0 Å². The van der Waals surface area contributed by atoms with Crippen LogP contribution in [0.5, 0.6) is 5.75 Å². The molecule has 2 aliphatic rings. The van der Waals surface area contributed by atoms with Crippen LogP contribution in [0.4, 0.5) is 5.69 Å². The minimum Gasteiger partial charge on any atom is -0.495 e. The van der Waals surface area contributed by atoms with Gasteiger partial charge in [-0.25, -0.2) is 21.1 Å². The van der Waals surface area contributed by atoms with E-state index in [2.05, 4.69) is 0 Å². The molecule has 29 heavy (non-hydrogen) atoms. The second-order valence-electron chi connectivity index (χ2n) is 7.03. The van der Waals surface area contributed by atoms with Crippen molar-refractivity contribution in [2.45, 2.75) is 18.7 Å². The second kappa shape index (κ2) is 7.58. The van der Waals surface area contributed by atoms with Gasteiger partial charge in [-0.05, 0) is 18.2 Å². The molecule has 0 N–H and O–H groups in total. The van der Waals surface area contributed by atoms with Crippen LogP contribution in [-0.4, -0.2) is 76.9 Å². The molecule has 2 saturated heterocycles. The number of hydrogen-bond acceptors (Lipinski definition) is 7. The van der Waals surface area contributed by atoms with Gasteiger partial charge < -0.3 is 9.64 Å². The number of amides is 2.